The van der Waals surface area contributed by atoms with E-state index in [1.54, 1.807) is 23.1 Å². The quantitative estimate of drug-likeness (QED) is 0.841. The number of rotatable bonds is 4. The molecule has 1 fully saturated rings. The van der Waals surface area contributed by atoms with Gasteiger partial charge in [-0.1, -0.05) is 11.6 Å². The van der Waals surface area contributed by atoms with Gasteiger partial charge in [0.25, 0.3) is 0 Å². The molecule has 1 amide bonds. The van der Waals surface area contributed by atoms with Crippen molar-refractivity contribution in [1.82, 2.24) is 9.80 Å². The van der Waals surface area contributed by atoms with Gasteiger partial charge in [-0.2, -0.15) is 0 Å². The Hall–Kier alpha value is -1.66. The molecule has 2 rings (SSSR count). The number of halogens is 1. The van der Waals surface area contributed by atoms with E-state index in [1.807, 2.05) is 20.8 Å². The van der Waals surface area contributed by atoms with Crippen molar-refractivity contribution < 1.29 is 14.3 Å². The molecule has 2 N–H and O–H groups in total. The Bertz CT molecular complexity index is 567. The van der Waals surface area contributed by atoms with E-state index in [4.69, 9.17) is 26.8 Å². The van der Waals surface area contributed by atoms with Gasteiger partial charge in [-0.3, -0.25) is 4.90 Å². The molecule has 134 valence electrons. The highest BCUT2D eigenvalue weighted by atomic mass is 35.5. The van der Waals surface area contributed by atoms with Crippen LogP contribution in [-0.4, -0.2) is 60.8 Å². The number of nitrogens with two attached hydrogens (primary N) is 1. The minimum Gasteiger partial charge on any atom is -0.491 e. The molecular weight excluding hydrogens is 330 g/mol. The molecule has 1 aliphatic heterocycles. The summed E-state index contributed by atoms with van der Waals surface area (Å²) in [6.07, 6.45) is -0.243. The molecule has 0 aliphatic carbocycles. The summed E-state index contributed by atoms with van der Waals surface area (Å²) >= 11 is 6.08. The molecule has 6 nitrogen and oxygen atoms in total. The normalized spacial score (nSPS) is 16.1. The molecule has 1 heterocycles. The highest BCUT2D eigenvalue weighted by Gasteiger charge is 2.25. The summed E-state index contributed by atoms with van der Waals surface area (Å²) in [5.74, 6) is 0.637. The van der Waals surface area contributed by atoms with Gasteiger partial charge in [0, 0.05) is 38.4 Å². The Morgan fingerprint density at radius 3 is 2.50 bits per heavy atom. The zero-order chi connectivity index (χ0) is 17.7. The van der Waals surface area contributed by atoms with E-state index >= 15 is 0 Å². The molecule has 24 heavy (non-hydrogen) atoms. The first kappa shape index (κ1) is 18.7. The average Bonchev–Trinajstić information content (AvgIpc) is 2.48. The Morgan fingerprint density at radius 2 is 1.92 bits per heavy atom. The first-order chi connectivity index (χ1) is 11.2. The van der Waals surface area contributed by atoms with Gasteiger partial charge in [-0.15, -0.1) is 0 Å². The summed E-state index contributed by atoms with van der Waals surface area (Å²) in [5, 5.41) is 0.518. The van der Waals surface area contributed by atoms with Crippen LogP contribution >= 0.6 is 11.6 Å². The van der Waals surface area contributed by atoms with Gasteiger partial charge >= 0.3 is 6.09 Å². The van der Waals surface area contributed by atoms with Gasteiger partial charge in [0.15, 0.2) is 0 Å². The van der Waals surface area contributed by atoms with Crippen molar-refractivity contribution in [2.75, 3.05) is 45.1 Å². The predicted octanol–water partition coefficient (Wildman–Crippen LogP) is 2.85. The molecule has 0 unspecified atom stereocenters. The number of piperazine rings is 1. The van der Waals surface area contributed by atoms with Crippen LogP contribution in [0, 0.1) is 0 Å². The standard InChI is InChI=1S/C17H26ClN3O3/c1-17(2,3)24-16(22)21-8-6-20(7-9-21)10-11-23-15-5-4-13(19)12-14(15)18/h4-5,12H,6-11,19H2,1-3H3. The molecule has 0 spiro atoms. The predicted molar refractivity (Wildman–Crippen MR) is 95.6 cm³/mol. The van der Waals surface area contributed by atoms with Crippen LogP contribution in [0.5, 0.6) is 5.75 Å². The molecule has 0 radical (unpaired) electrons. The van der Waals surface area contributed by atoms with Crippen LogP contribution in [0.1, 0.15) is 20.8 Å². The Kier molecular flexibility index (Phi) is 6.18. The smallest absolute Gasteiger partial charge is 0.410 e. The summed E-state index contributed by atoms with van der Waals surface area (Å²) in [5.41, 5.74) is 5.82. The zero-order valence-electron chi connectivity index (χ0n) is 14.5. The van der Waals surface area contributed by atoms with Crippen molar-refractivity contribution in [3.05, 3.63) is 23.2 Å². The zero-order valence-corrected chi connectivity index (χ0v) is 15.3. The minimum absolute atomic E-state index is 0.243. The maximum Gasteiger partial charge on any atom is 0.410 e. The van der Waals surface area contributed by atoms with Crippen LogP contribution in [0.4, 0.5) is 10.5 Å². The maximum absolute atomic E-state index is 12.0. The van der Waals surface area contributed by atoms with E-state index in [-0.39, 0.29) is 6.09 Å². The molecule has 1 saturated heterocycles. The number of carbonyl (C=O) groups is 1. The van der Waals surface area contributed by atoms with Gasteiger partial charge in [0.2, 0.25) is 0 Å². The van der Waals surface area contributed by atoms with Gasteiger partial charge in [-0.25, -0.2) is 4.79 Å². The number of nitrogens with zero attached hydrogens (tertiary/aromatic N) is 2. The van der Waals surface area contributed by atoms with Gasteiger partial charge in [0.05, 0.1) is 5.02 Å². The lowest BCUT2D eigenvalue weighted by molar-refractivity contribution is 0.0137. The van der Waals surface area contributed by atoms with Crippen LogP contribution in [-0.2, 0) is 4.74 Å². The molecule has 7 heteroatoms. The summed E-state index contributed by atoms with van der Waals surface area (Å²) in [4.78, 5) is 16.0. The number of ether oxygens (including phenoxy) is 2. The van der Waals surface area contributed by atoms with Crippen molar-refractivity contribution in [2.24, 2.45) is 0 Å². The molecule has 1 aromatic carbocycles. The third-order valence-corrected chi connectivity index (χ3v) is 3.94. The van der Waals surface area contributed by atoms with E-state index in [9.17, 15) is 4.79 Å². The Morgan fingerprint density at radius 1 is 1.25 bits per heavy atom. The molecular formula is C17H26ClN3O3. The molecule has 0 atom stereocenters. The monoisotopic (exact) mass is 355 g/mol. The van der Waals surface area contributed by atoms with Crippen molar-refractivity contribution >= 4 is 23.4 Å². The number of hydrogen-bond acceptors (Lipinski definition) is 5. The number of nitrogen functional groups attached to an aromatic ring is 1. The van der Waals surface area contributed by atoms with Crippen molar-refractivity contribution in [2.45, 2.75) is 26.4 Å². The summed E-state index contributed by atoms with van der Waals surface area (Å²) < 4.78 is 11.1. The van der Waals surface area contributed by atoms with Gasteiger partial charge in [0.1, 0.15) is 18.0 Å². The first-order valence-electron chi connectivity index (χ1n) is 8.13. The fraction of sp³-hybridized carbons (Fsp3) is 0.588. The lowest BCUT2D eigenvalue weighted by Crippen LogP contribution is -2.50. The second kappa shape index (κ2) is 7.94. The van der Waals surface area contributed by atoms with Crippen LogP contribution < -0.4 is 10.5 Å². The highest BCUT2D eigenvalue weighted by molar-refractivity contribution is 6.32. The molecule has 0 bridgehead atoms. The van der Waals surface area contributed by atoms with Crippen LogP contribution in [0.15, 0.2) is 18.2 Å². The summed E-state index contributed by atoms with van der Waals surface area (Å²) in [7, 11) is 0. The highest BCUT2D eigenvalue weighted by Crippen LogP contribution is 2.26. The topological polar surface area (TPSA) is 68.0 Å². The fourth-order valence-corrected chi connectivity index (χ4v) is 2.64. The number of anilines is 1. The third kappa shape index (κ3) is 5.76. The van der Waals surface area contributed by atoms with E-state index < -0.39 is 5.60 Å². The van der Waals surface area contributed by atoms with Crippen LogP contribution in [0.2, 0.25) is 5.02 Å². The number of benzene rings is 1. The molecule has 0 saturated carbocycles. The van der Waals surface area contributed by atoms with Gasteiger partial charge < -0.3 is 20.1 Å². The van der Waals surface area contributed by atoms with Crippen molar-refractivity contribution in [3.8, 4) is 5.75 Å². The second-order valence-electron chi connectivity index (χ2n) is 6.85. The average molecular weight is 356 g/mol. The third-order valence-electron chi connectivity index (χ3n) is 3.65. The Labute approximate surface area is 148 Å². The number of carbonyl (C=O) groups excluding carboxylic acids is 1. The minimum atomic E-state index is -0.458. The second-order valence-corrected chi connectivity index (χ2v) is 7.25. The van der Waals surface area contributed by atoms with E-state index in [2.05, 4.69) is 4.90 Å². The van der Waals surface area contributed by atoms with Crippen LogP contribution in [0.3, 0.4) is 0 Å². The van der Waals surface area contributed by atoms with Crippen LogP contribution in [0.25, 0.3) is 0 Å². The van der Waals surface area contributed by atoms with E-state index in [0.29, 0.717) is 36.2 Å². The summed E-state index contributed by atoms with van der Waals surface area (Å²) in [6.45, 7) is 9.88. The fourth-order valence-electron chi connectivity index (χ4n) is 2.40. The summed E-state index contributed by atoms with van der Waals surface area (Å²) in [6, 6.07) is 5.22. The van der Waals surface area contributed by atoms with Crippen molar-refractivity contribution in [3.63, 3.8) is 0 Å². The van der Waals surface area contributed by atoms with E-state index in [1.165, 1.54) is 0 Å². The largest absolute Gasteiger partial charge is 0.491 e. The first-order valence-corrected chi connectivity index (χ1v) is 8.50. The van der Waals surface area contributed by atoms with Crippen molar-refractivity contribution in [1.29, 1.82) is 0 Å². The molecule has 1 aromatic rings. The molecule has 0 aromatic heterocycles. The number of amides is 1. The lowest BCUT2D eigenvalue weighted by Gasteiger charge is -2.35. The Balaban J connectivity index is 1.70. The molecule has 1 aliphatic rings. The SMILES string of the molecule is CC(C)(C)OC(=O)N1CCN(CCOc2ccc(N)cc2Cl)CC1. The number of hydrogen-bond donors (Lipinski definition) is 1. The van der Waals surface area contributed by atoms with E-state index in [0.717, 1.165) is 19.6 Å². The maximum atomic E-state index is 12.0. The lowest BCUT2D eigenvalue weighted by atomic mass is 10.2. The van der Waals surface area contributed by atoms with Gasteiger partial charge in [-0.05, 0) is 39.0 Å².